The van der Waals surface area contributed by atoms with E-state index >= 15 is 0 Å². The molecular weight excluding hydrogens is 747 g/mol. The number of pyridine rings is 1. The van der Waals surface area contributed by atoms with Gasteiger partial charge in [-0.3, -0.25) is 23.9 Å². The summed E-state index contributed by atoms with van der Waals surface area (Å²) in [6, 6.07) is 16.1. The first-order valence-electron chi connectivity index (χ1n) is 20.4. The van der Waals surface area contributed by atoms with Crippen LogP contribution in [0.15, 0.2) is 66.7 Å². The van der Waals surface area contributed by atoms with Gasteiger partial charge in [0.15, 0.2) is 0 Å². The van der Waals surface area contributed by atoms with E-state index in [1.54, 1.807) is 7.11 Å². The molecule has 5 aliphatic rings. The van der Waals surface area contributed by atoms with E-state index in [0.717, 1.165) is 49.5 Å². The van der Waals surface area contributed by atoms with Crippen LogP contribution in [0.4, 0.5) is 0 Å². The van der Waals surface area contributed by atoms with Gasteiger partial charge in [0.25, 0.3) is 5.91 Å². The van der Waals surface area contributed by atoms with Crippen molar-refractivity contribution in [2.24, 2.45) is 11.8 Å². The quantitative estimate of drug-likeness (QED) is 0.287. The van der Waals surface area contributed by atoms with Gasteiger partial charge in [-0.1, -0.05) is 55.3 Å². The third-order valence-corrected chi connectivity index (χ3v) is 14.0. The summed E-state index contributed by atoms with van der Waals surface area (Å²) in [5, 5.41) is 3.07. The number of fused-ring (bicyclic) bond motifs is 3. The summed E-state index contributed by atoms with van der Waals surface area (Å²) in [5.74, 6) is -1.55. The third kappa shape index (κ3) is 8.37. The number of benzene rings is 2. The van der Waals surface area contributed by atoms with E-state index in [9.17, 15) is 27.6 Å². The van der Waals surface area contributed by atoms with Crippen LogP contribution in [0, 0.1) is 11.8 Å². The molecule has 0 spiro atoms. The van der Waals surface area contributed by atoms with Crippen molar-refractivity contribution < 1.29 is 37.1 Å². The van der Waals surface area contributed by atoms with Crippen molar-refractivity contribution in [3.05, 3.63) is 66.7 Å². The molecule has 0 bridgehead atoms. The Bertz CT molecular complexity index is 2170. The van der Waals surface area contributed by atoms with Gasteiger partial charge in [0.05, 0.1) is 30.1 Å². The Morgan fingerprint density at radius 2 is 1.77 bits per heavy atom. The molecule has 4 amide bonds. The van der Waals surface area contributed by atoms with Gasteiger partial charge in [-0.05, 0) is 63.5 Å². The zero-order valence-corrected chi connectivity index (χ0v) is 33.2. The Balaban J connectivity index is 1.12. The molecule has 2 saturated carbocycles. The van der Waals surface area contributed by atoms with Gasteiger partial charge in [-0.2, -0.15) is 0 Å². The summed E-state index contributed by atoms with van der Waals surface area (Å²) in [6.07, 6.45) is 10.2. The molecule has 4 heterocycles. The van der Waals surface area contributed by atoms with Crippen LogP contribution in [0.1, 0.15) is 77.0 Å². The maximum Gasteiger partial charge on any atom is 0.259 e. The maximum atomic E-state index is 14.8. The lowest BCUT2D eigenvalue weighted by atomic mass is 9.94. The van der Waals surface area contributed by atoms with Crippen LogP contribution in [0.2, 0.25) is 0 Å². The molecule has 8 rings (SSSR count). The van der Waals surface area contributed by atoms with Crippen molar-refractivity contribution in [2.45, 2.75) is 100.0 Å². The number of methoxy groups -OCH3 is 1. The fourth-order valence-electron chi connectivity index (χ4n) is 8.62. The predicted octanol–water partition coefficient (Wildman–Crippen LogP) is 4.89. The fourth-order valence-corrected chi connectivity index (χ4v) is 9.99. The van der Waals surface area contributed by atoms with E-state index in [2.05, 4.69) is 10.0 Å². The summed E-state index contributed by atoms with van der Waals surface area (Å²) in [5.41, 5.74) is 0.733. The van der Waals surface area contributed by atoms with E-state index in [1.165, 1.54) is 4.90 Å². The highest BCUT2D eigenvalue weighted by molar-refractivity contribution is 7.91. The number of sulfonamides is 1. The zero-order valence-electron chi connectivity index (χ0n) is 32.4. The number of allylic oxidation sites excluding steroid dienone is 1. The number of ether oxygens (including phenoxy) is 2. The van der Waals surface area contributed by atoms with Gasteiger partial charge in [0.1, 0.15) is 29.2 Å². The number of rotatable bonds is 9. The zero-order chi connectivity index (χ0) is 39.7. The van der Waals surface area contributed by atoms with Crippen LogP contribution in [0.3, 0.4) is 0 Å². The van der Waals surface area contributed by atoms with Gasteiger partial charge in [0, 0.05) is 60.8 Å². The highest BCUT2D eigenvalue weighted by atomic mass is 32.2. The molecule has 2 aliphatic carbocycles. The molecule has 14 heteroatoms. The highest BCUT2D eigenvalue weighted by Crippen LogP contribution is 2.46. The van der Waals surface area contributed by atoms with Gasteiger partial charge in [0.2, 0.25) is 27.7 Å². The molecule has 4 fully saturated rings. The minimum atomic E-state index is -3.88. The van der Waals surface area contributed by atoms with E-state index in [1.807, 2.05) is 71.6 Å². The molecule has 0 unspecified atom stereocenters. The first-order chi connectivity index (χ1) is 27.5. The molecule has 3 aliphatic heterocycles. The number of hydrogen-bond donors (Lipinski definition) is 2. The minimum Gasteiger partial charge on any atom is -0.497 e. The lowest BCUT2D eigenvalue weighted by Crippen LogP contribution is -2.57. The predicted molar refractivity (Wildman–Crippen MR) is 213 cm³/mol. The molecule has 2 saturated heterocycles. The van der Waals surface area contributed by atoms with Crippen molar-refractivity contribution >= 4 is 44.6 Å². The number of amides is 4. The molecule has 0 radical (unpaired) electrons. The van der Waals surface area contributed by atoms with Crippen LogP contribution < -0.4 is 19.5 Å². The Morgan fingerprint density at radius 1 is 0.982 bits per heavy atom. The summed E-state index contributed by atoms with van der Waals surface area (Å²) < 4.78 is 40.4. The molecule has 13 nitrogen and oxygen atoms in total. The van der Waals surface area contributed by atoms with Crippen molar-refractivity contribution in [3.8, 4) is 22.8 Å². The van der Waals surface area contributed by atoms with Crippen LogP contribution in [-0.4, -0.2) is 96.5 Å². The third-order valence-electron chi connectivity index (χ3n) is 12.2. The maximum absolute atomic E-state index is 14.8. The average Bonchev–Trinajstić information content (AvgIpc) is 4.07. The second-order valence-electron chi connectivity index (χ2n) is 16.2. The van der Waals surface area contributed by atoms with Crippen molar-refractivity contribution in [3.63, 3.8) is 0 Å². The number of likely N-dealkylation sites (tertiary alicyclic amines) is 1. The first kappa shape index (κ1) is 38.9. The number of nitrogens with one attached hydrogen (secondary N) is 2. The molecule has 2 N–H and O–H groups in total. The largest absolute Gasteiger partial charge is 0.497 e. The lowest BCUT2D eigenvalue weighted by molar-refractivity contribution is -0.145. The average molecular weight is 798 g/mol. The fraction of sp³-hybridized carbons (Fsp3) is 0.512. The second kappa shape index (κ2) is 16.1. The lowest BCUT2D eigenvalue weighted by Gasteiger charge is -2.30. The summed E-state index contributed by atoms with van der Waals surface area (Å²) in [6.45, 7) is 1.43. The molecule has 5 atom stereocenters. The number of carbonyl (C=O) groups is 4. The number of nitrogens with zero attached hydrogens (tertiary/aromatic N) is 3. The highest BCUT2D eigenvalue weighted by Gasteiger charge is 2.62. The Kier molecular flexibility index (Phi) is 11.0. The number of aromatic nitrogens is 1. The van der Waals surface area contributed by atoms with Crippen molar-refractivity contribution in [1.29, 1.82) is 0 Å². The molecule has 2 aromatic carbocycles. The first-order valence-corrected chi connectivity index (χ1v) is 21.9. The van der Waals surface area contributed by atoms with E-state index < -0.39 is 56.6 Å². The standard InChI is InChI=1S/C43H51N5O8S/c1-55-31-16-19-34-36(23-31)44-35(28-12-7-5-8-13-28)25-38(34)56-32-24-37-40(50)45-43(42(52)46-57(53,54)33-17-18-33)26-30(43)15-9-4-2-3-6-14-29(41(51)48(37)27-32)22-39(49)47-20-10-11-21-47/h5,7-9,12-13,15-16,19,23,25,29-30,32-33,37H,2-4,6,10-11,14,17-18,20-22,24,26-27H2,1H3,(H,45,50)(H,46,52)/b15-9-/t29-,30-,32-,37+,43-/m1/s1. The number of hydrogen-bond acceptors (Lipinski definition) is 9. The summed E-state index contributed by atoms with van der Waals surface area (Å²) in [4.78, 5) is 65.0. The minimum absolute atomic E-state index is 0.0554. The summed E-state index contributed by atoms with van der Waals surface area (Å²) >= 11 is 0. The second-order valence-corrected chi connectivity index (χ2v) is 18.2. The Hall–Kier alpha value is -4.98. The monoisotopic (exact) mass is 797 g/mol. The van der Waals surface area contributed by atoms with Crippen LogP contribution in [0.5, 0.6) is 11.5 Å². The molecule has 57 heavy (non-hydrogen) atoms. The normalized spacial score (nSPS) is 27.4. The number of carbonyl (C=O) groups excluding carboxylic acids is 4. The topological polar surface area (TPSA) is 164 Å². The molecule has 302 valence electrons. The van der Waals surface area contributed by atoms with Crippen molar-refractivity contribution in [1.82, 2.24) is 24.8 Å². The van der Waals surface area contributed by atoms with Crippen LogP contribution >= 0.6 is 0 Å². The molecule has 3 aromatic rings. The van der Waals surface area contributed by atoms with Gasteiger partial charge < -0.3 is 24.6 Å². The Labute approximate surface area is 333 Å². The van der Waals surface area contributed by atoms with Gasteiger partial charge in [-0.15, -0.1) is 0 Å². The molecular formula is C43H51N5O8S. The van der Waals surface area contributed by atoms with Gasteiger partial charge >= 0.3 is 0 Å². The molecule has 1 aromatic heterocycles. The van der Waals surface area contributed by atoms with Crippen molar-refractivity contribution in [2.75, 3.05) is 26.7 Å². The summed E-state index contributed by atoms with van der Waals surface area (Å²) in [7, 11) is -2.29. The Morgan fingerprint density at radius 3 is 2.53 bits per heavy atom. The smallest absolute Gasteiger partial charge is 0.259 e. The van der Waals surface area contributed by atoms with E-state index in [-0.39, 0.29) is 37.6 Å². The van der Waals surface area contributed by atoms with Crippen LogP contribution in [0.25, 0.3) is 22.2 Å². The van der Waals surface area contributed by atoms with Gasteiger partial charge in [-0.25, -0.2) is 13.4 Å². The SMILES string of the molecule is COc1ccc2c(O[C@@H]3C[C@H]4C(=O)N[C@]5(C(=O)NS(=O)(=O)C6CC6)C[C@H]5/C=C\CCCCC[C@H](CC(=O)N5CCCC5)C(=O)N4C3)cc(-c3ccccc3)nc2c1. The van der Waals surface area contributed by atoms with E-state index in [0.29, 0.717) is 55.1 Å². The van der Waals surface area contributed by atoms with E-state index in [4.69, 9.17) is 14.5 Å². The van der Waals surface area contributed by atoms with Crippen LogP contribution in [-0.2, 0) is 29.2 Å².